The van der Waals surface area contributed by atoms with Gasteiger partial charge in [-0.1, -0.05) is 11.6 Å². The molecular weight excluding hydrogens is 252 g/mol. The minimum atomic E-state index is -3.56. The number of nitrogens with one attached hydrogen (secondary N) is 1. The first-order valence-electron chi connectivity index (χ1n) is 4.58. The highest BCUT2D eigenvalue weighted by atomic mass is 35.5. The number of sulfonamides is 1. The normalized spacial score (nSPS) is 13.7. The van der Waals surface area contributed by atoms with Crippen LogP contribution in [0.1, 0.15) is 6.92 Å². The molecule has 0 saturated carbocycles. The molecule has 0 fully saturated rings. The van der Waals surface area contributed by atoms with Crippen molar-refractivity contribution in [3.05, 3.63) is 23.5 Å². The fraction of sp³-hybridized carbons (Fsp3) is 0.444. The van der Waals surface area contributed by atoms with Gasteiger partial charge in [0.05, 0.1) is 11.5 Å². The van der Waals surface area contributed by atoms with Gasteiger partial charge >= 0.3 is 0 Å². The summed E-state index contributed by atoms with van der Waals surface area (Å²) in [6.45, 7) is 2.02. The predicted octanol–water partition coefficient (Wildman–Crippen LogP) is 1.05. The molecule has 0 bridgehead atoms. The average molecular weight is 265 g/mol. The third kappa shape index (κ3) is 3.71. The largest absolute Gasteiger partial charge is 0.383 e. The molecule has 0 saturated heterocycles. The Hall–Kier alpha value is -0.690. The monoisotopic (exact) mass is 264 g/mol. The summed E-state index contributed by atoms with van der Waals surface area (Å²) in [5.41, 5.74) is 0. The number of halogens is 1. The van der Waals surface area contributed by atoms with E-state index in [0.29, 0.717) is 6.61 Å². The molecule has 1 N–H and O–H groups in total. The van der Waals surface area contributed by atoms with Gasteiger partial charge in [0, 0.05) is 19.3 Å². The van der Waals surface area contributed by atoms with Crippen LogP contribution in [0.4, 0.5) is 0 Å². The molecule has 90 valence electrons. The first-order valence-corrected chi connectivity index (χ1v) is 6.44. The molecule has 0 amide bonds. The van der Waals surface area contributed by atoms with Crippen LogP contribution in [-0.4, -0.2) is 33.2 Å². The van der Waals surface area contributed by atoms with E-state index in [1.54, 1.807) is 6.92 Å². The number of hydrogen-bond acceptors (Lipinski definition) is 4. The van der Waals surface area contributed by atoms with Gasteiger partial charge in [-0.3, -0.25) is 0 Å². The van der Waals surface area contributed by atoms with Crippen LogP contribution in [0, 0.1) is 0 Å². The van der Waals surface area contributed by atoms with Crippen molar-refractivity contribution in [3.8, 4) is 0 Å². The zero-order valence-corrected chi connectivity index (χ0v) is 10.5. The number of aromatic nitrogens is 1. The van der Waals surface area contributed by atoms with E-state index in [1.165, 1.54) is 25.4 Å². The molecule has 0 radical (unpaired) electrons. The SMILES string of the molecule is COCC(C)NS(=O)(=O)c1ccnc(Cl)c1. The molecule has 1 heterocycles. The highest BCUT2D eigenvalue weighted by molar-refractivity contribution is 7.89. The van der Waals surface area contributed by atoms with Gasteiger partial charge in [-0.2, -0.15) is 0 Å². The molecule has 1 rings (SSSR count). The number of hydrogen-bond donors (Lipinski definition) is 1. The zero-order valence-electron chi connectivity index (χ0n) is 8.97. The van der Waals surface area contributed by atoms with E-state index in [9.17, 15) is 8.42 Å². The summed E-state index contributed by atoms with van der Waals surface area (Å²) in [5, 5.41) is 0.141. The maximum atomic E-state index is 11.8. The van der Waals surface area contributed by atoms with Crippen molar-refractivity contribution < 1.29 is 13.2 Å². The lowest BCUT2D eigenvalue weighted by Crippen LogP contribution is -2.35. The van der Waals surface area contributed by atoms with Crippen molar-refractivity contribution in [2.45, 2.75) is 17.9 Å². The van der Waals surface area contributed by atoms with Crippen LogP contribution in [0.15, 0.2) is 23.2 Å². The molecule has 1 aromatic rings. The Balaban J connectivity index is 2.86. The fourth-order valence-corrected chi connectivity index (χ4v) is 2.65. The molecule has 1 atom stereocenters. The van der Waals surface area contributed by atoms with Crippen LogP contribution in [0.25, 0.3) is 0 Å². The van der Waals surface area contributed by atoms with E-state index in [1.807, 2.05) is 0 Å². The summed E-state index contributed by atoms with van der Waals surface area (Å²) >= 11 is 5.62. The zero-order chi connectivity index (χ0) is 12.2. The molecule has 1 aromatic heterocycles. The number of nitrogens with zero attached hydrogens (tertiary/aromatic N) is 1. The second kappa shape index (κ2) is 5.58. The van der Waals surface area contributed by atoms with Crippen LogP contribution < -0.4 is 4.72 Å². The van der Waals surface area contributed by atoms with Crippen LogP contribution in [0.2, 0.25) is 5.15 Å². The molecule has 7 heteroatoms. The third-order valence-corrected chi connectivity index (χ3v) is 3.58. The molecule has 1 unspecified atom stereocenters. The van der Waals surface area contributed by atoms with Crippen molar-refractivity contribution in [2.24, 2.45) is 0 Å². The summed E-state index contributed by atoms with van der Waals surface area (Å²) in [6.07, 6.45) is 1.35. The van der Waals surface area contributed by atoms with E-state index in [0.717, 1.165) is 0 Å². The highest BCUT2D eigenvalue weighted by Crippen LogP contribution is 2.12. The Bertz CT molecular complexity index is 450. The minimum absolute atomic E-state index is 0.0930. The minimum Gasteiger partial charge on any atom is -0.383 e. The summed E-state index contributed by atoms with van der Waals surface area (Å²) in [6, 6.07) is 2.37. The highest BCUT2D eigenvalue weighted by Gasteiger charge is 2.17. The quantitative estimate of drug-likeness (QED) is 0.807. The molecule has 0 spiro atoms. The molecule has 0 aliphatic heterocycles. The molecule has 16 heavy (non-hydrogen) atoms. The van der Waals surface area contributed by atoms with Gasteiger partial charge in [-0.15, -0.1) is 0 Å². The lowest BCUT2D eigenvalue weighted by atomic mass is 10.4. The molecule has 0 aliphatic rings. The second-order valence-corrected chi connectivity index (χ2v) is 5.39. The van der Waals surface area contributed by atoms with Crippen molar-refractivity contribution in [1.82, 2.24) is 9.71 Å². The smallest absolute Gasteiger partial charge is 0.241 e. The van der Waals surface area contributed by atoms with Gasteiger partial charge in [0.15, 0.2) is 0 Å². The summed E-state index contributed by atoms with van der Waals surface area (Å²) in [7, 11) is -2.05. The maximum Gasteiger partial charge on any atom is 0.241 e. The van der Waals surface area contributed by atoms with E-state index in [-0.39, 0.29) is 16.1 Å². The van der Waals surface area contributed by atoms with Gasteiger partial charge < -0.3 is 4.74 Å². The number of methoxy groups -OCH3 is 1. The molecule has 5 nitrogen and oxygen atoms in total. The van der Waals surface area contributed by atoms with Gasteiger partial charge in [0.25, 0.3) is 0 Å². The Kier molecular flexibility index (Phi) is 4.67. The standard InChI is InChI=1S/C9H13ClN2O3S/c1-7(6-15-2)12-16(13,14)8-3-4-11-9(10)5-8/h3-5,7,12H,6H2,1-2H3. The fourth-order valence-electron chi connectivity index (χ4n) is 1.17. The van der Waals surface area contributed by atoms with E-state index in [2.05, 4.69) is 9.71 Å². The van der Waals surface area contributed by atoms with Crippen molar-refractivity contribution in [1.29, 1.82) is 0 Å². The van der Waals surface area contributed by atoms with Crippen molar-refractivity contribution in [3.63, 3.8) is 0 Å². The number of rotatable bonds is 5. The summed E-state index contributed by atoms with van der Waals surface area (Å²) in [5.74, 6) is 0. The molecule has 0 aromatic carbocycles. The van der Waals surface area contributed by atoms with Crippen LogP contribution in [-0.2, 0) is 14.8 Å². The number of pyridine rings is 1. The van der Waals surface area contributed by atoms with Gasteiger partial charge in [-0.25, -0.2) is 18.1 Å². The Morgan fingerprint density at radius 3 is 2.88 bits per heavy atom. The summed E-state index contributed by atoms with van der Waals surface area (Å²) < 4.78 is 30.9. The number of ether oxygens (including phenoxy) is 1. The second-order valence-electron chi connectivity index (χ2n) is 3.29. The first kappa shape index (κ1) is 13.4. The van der Waals surface area contributed by atoms with E-state index >= 15 is 0 Å². The van der Waals surface area contributed by atoms with Crippen LogP contribution >= 0.6 is 11.6 Å². The first-order chi connectivity index (χ1) is 7.45. The molecular formula is C9H13ClN2O3S. The Morgan fingerprint density at radius 1 is 1.62 bits per heavy atom. The van der Waals surface area contributed by atoms with Gasteiger partial charge in [0.1, 0.15) is 5.15 Å². The van der Waals surface area contributed by atoms with Gasteiger partial charge in [0.2, 0.25) is 10.0 Å². The lowest BCUT2D eigenvalue weighted by molar-refractivity contribution is 0.180. The Morgan fingerprint density at radius 2 is 2.31 bits per heavy atom. The summed E-state index contributed by atoms with van der Waals surface area (Å²) in [4.78, 5) is 3.81. The van der Waals surface area contributed by atoms with Crippen LogP contribution in [0.3, 0.4) is 0 Å². The Labute approximate surface area is 99.8 Å². The van der Waals surface area contributed by atoms with E-state index in [4.69, 9.17) is 16.3 Å². The van der Waals surface area contributed by atoms with E-state index < -0.39 is 10.0 Å². The van der Waals surface area contributed by atoms with Crippen LogP contribution in [0.5, 0.6) is 0 Å². The maximum absolute atomic E-state index is 11.8. The van der Waals surface area contributed by atoms with Gasteiger partial charge in [-0.05, 0) is 19.1 Å². The molecule has 0 aliphatic carbocycles. The third-order valence-electron chi connectivity index (χ3n) is 1.78. The van der Waals surface area contributed by atoms with Crippen molar-refractivity contribution >= 4 is 21.6 Å². The average Bonchev–Trinajstić information content (AvgIpc) is 2.17. The topological polar surface area (TPSA) is 68.3 Å². The predicted molar refractivity (Wildman–Crippen MR) is 60.9 cm³/mol. The lowest BCUT2D eigenvalue weighted by Gasteiger charge is -2.13. The van der Waals surface area contributed by atoms with Crippen molar-refractivity contribution in [2.75, 3.05) is 13.7 Å².